The number of hydrogen-bond donors (Lipinski definition) is 1. The molecule has 1 N–H and O–H groups in total. The van der Waals surface area contributed by atoms with E-state index in [1.165, 1.54) is 6.92 Å². The van der Waals surface area contributed by atoms with Gasteiger partial charge in [-0.05, 0) is 11.6 Å². The van der Waals surface area contributed by atoms with Crippen molar-refractivity contribution in [3.63, 3.8) is 0 Å². The number of amides is 1. The van der Waals surface area contributed by atoms with Crippen molar-refractivity contribution in [1.29, 1.82) is 5.26 Å². The molecule has 0 spiro atoms. The zero-order chi connectivity index (χ0) is 11.3. The molecule has 1 aromatic carbocycles. The molecular weight excluding hydrogens is 212 g/mol. The van der Waals surface area contributed by atoms with Crippen molar-refractivity contribution in [3.05, 3.63) is 34.9 Å². The number of carbonyl (C=O) groups excluding carboxylic acids is 1. The first kappa shape index (κ1) is 11.5. The lowest BCUT2D eigenvalue weighted by molar-refractivity contribution is -0.119. The zero-order valence-corrected chi connectivity index (χ0v) is 9.08. The Bertz CT molecular complexity index is 398. The topological polar surface area (TPSA) is 52.9 Å². The third-order valence-electron chi connectivity index (χ3n) is 1.92. The average Bonchev–Trinajstić information content (AvgIpc) is 2.19. The van der Waals surface area contributed by atoms with Crippen LogP contribution in [-0.2, 0) is 11.2 Å². The summed E-state index contributed by atoms with van der Waals surface area (Å²) >= 11 is 5.94. The van der Waals surface area contributed by atoms with E-state index in [-0.39, 0.29) is 5.91 Å². The van der Waals surface area contributed by atoms with Gasteiger partial charge in [0.25, 0.3) is 0 Å². The fraction of sp³-hybridized carbons (Fsp3) is 0.273. The van der Waals surface area contributed by atoms with E-state index in [9.17, 15) is 4.79 Å². The van der Waals surface area contributed by atoms with E-state index in [1.807, 2.05) is 24.3 Å². The Balaban J connectivity index is 2.72. The number of rotatable bonds is 3. The normalized spacial score (nSPS) is 11.5. The summed E-state index contributed by atoms with van der Waals surface area (Å²) < 4.78 is 0. The standard InChI is InChI=1S/C11H11ClN2O/c1-8(15)14-10(7-13)6-9-4-2-3-5-11(9)12/h2-5,10H,6H2,1H3,(H,14,15). The Labute approximate surface area is 93.7 Å². The molecule has 4 heteroatoms. The fourth-order valence-corrected chi connectivity index (χ4v) is 1.47. The summed E-state index contributed by atoms with van der Waals surface area (Å²) in [6, 6.07) is 8.77. The van der Waals surface area contributed by atoms with Crippen LogP contribution >= 0.6 is 11.6 Å². The molecule has 0 saturated carbocycles. The predicted octanol–water partition coefficient (Wildman–Crippen LogP) is 1.91. The average molecular weight is 223 g/mol. The molecule has 3 nitrogen and oxygen atoms in total. The molecule has 0 heterocycles. The number of nitriles is 1. The van der Waals surface area contributed by atoms with Gasteiger partial charge in [-0.1, -0.05) is 29.8 Å². The smallest absolute Gasteiger partial charge is 0.217 e. The highest BCUT2D eigenvalue weighted by atomic mass is 35.5. The quantitative estimate of drug-likeness (QED) is 0.850. The summed E-state index contributed by atoms with van der Waals surface area (Å²) in [5.74, 6) is -0.214. The summed E-state index contributed by atoms with van der Waals surface area (Å²) in [6.07, 6.45) is 0.426. The Kier molecular flexibility index (Phi) is 4.14. The van der Waals surface area contributed by atoms with Crippen LogP contribution in [0.15, 0.2) is 24.3 Å². The number of hydrogen-bond acceptors (Lipinski definition) is 2. The van der Waals surface area contributed by atoms with Crippen LogP contribution in [0.3, 0.4) is 0 Å². The van der Waals surface area contributed by atoms with Crippen LogP contribution in [0.2, 0.25) is 5.02 Å². The highest BCUT2D eigenvalue weighted by Crippen LogP contribution is 2.16. The Hall–Kier alpha value is -1.53. The van der Waals surface area contributed by atoms with Crippen LogP contribution in [0, 0.1) is 11.3 Å². The SMILES string of the molecule is CC(=O)NC(C#N)Cc1ccccc1Cl. The van der Waals surface area contributed by atoms with Gasteiger partial charge < -0.3 is 5.32 Å². The van der Waals surface area contributed by atoms with Crippen molar-refractivity contribution in [2.75, 3.05) is 0 Å². The maximum absolute atomic E-state index is 10.8. The molecule has 0 bridgehead atoms. The summed E-state index contributed by atoms with van der Waals surface area (Å²) in [6.45, 7) is 1.39. The summed E-state index contributed by atoms with van der Waals surface area (Å²) in [7, 11) is 0. The monoisotopic (exact) mass is 222 g/mol. The zero-order valence-electron chi connectivity index (χ0n) is 8.33. The predicted molar refractivity (Wildman–Crippen MR) is 58.4 cm³/mol. The third-order valence-corrected chi connectivity index (χ3v) is 2.28. The van der Waals surface area contributed by atoms with Gasteiger partial charge in [-0.2, -0.15) is 5.26 Å². The van der Waals surface area contributed by atoms with Gasteiger partial charge in [0.15, 0.2) is 0 Å². The number of benzene rings is 1. The molecule has 78 valence electrons. The van der Waals surface area contributed by atoms with Gasteiger partial charge >= 0.3 is 0 Å². The first-order valence-corrected chi connectivity index (χ1v) is 4.91. The van der Waals surface area contributed by atoms with Crippen molar-refractivity contribution in [1.82, 2.24) is 5.32 Å². The van der Waals surface area contributed by atoms with Gasteiger partial charge in [0.1, 0.15) is 6.04 Å². The minimum Gasteiger partial charge on any atom is -0.340 e. The summed E-state index contributed by atoms with van der Waals surface area (Å²) in [5.41, 5.74) is 0.861. The molecule has 0 aromatic heterocycles. The molecule has 1 rings (SSSR count). The van der Waals surface area contributed by atoms with Crippen LogP contribution in [0.5, 0.6) is 0 Å². The van der Waals surface area contributed by atoms with E-state index in [0.717, 1.165) is 5.56 Å². The van der Waals surface area contributed by atoms with E-state index in [4.69, 9.17) is 16.9 Å². The summed E-state index contributed by atoms with van der Waals surface area (Å²) in [4.78, 5) is 10.8. The number of nitrogens with zero attached hydrogens (tertiary/aromatic N) is 1. The van der Waals surface area contributed by atoms with Crippen molar-refractivity contribution in [3.8, 4) is 6.07 Å². The molecule has 15 heavy (non-hydrogen) atoms. The van der Waals surface area contributed by atoms with Gasteiger partial charge in [-0.15, -0.1) is 0 Å². The maximum Gasteiger partial charge on any atom is 0.217 e. The second-order valence-electron chi connectivity index (χ2n) is 3.18. The Morgan fingerprint density at radius 3 is 2.80 bits per heavy atom. The Morgan fingerprint density at radius 1 is 1.60 bits per heavy atom. The van der Waals surface area contributed by atoms with Gasteiger partial charge in [0, 0.05) is 18.4 Å². The molecule has 1 atom stereocenters. The second-order valence-corrected chi connectivity index (χ2v) is 3.58. The molecule has 1 unspecified atom stereocenters. The van der Waals surface area contributed by atoms with Crippen molar-refractivity contribution in [2.45, 2.75) is 19.4 Å². The van der Waals surface area contributed by atoms with E-state index < -0.39 is 6.04 Å². The van der Waals surface area contributed by atoms with Crippen LogP contribution in [-0.4, -0.2) is 11.9 Å². The molecule has 0 aliphatic heterocycles. The van der Waals surface area contributed by atoms with Crippen LogP contribution < -0.4 is 5.32 Å². The summed E-state index contributed by atoms with van der Waals surface area (Å²) in [5, 5.41) is 12.0. The first-order valence-electron chi connectivity index (χ1n) is 4.53. The molecule has 0 radical (unpaired) electrons. The van der Waals surface area contributed by atoms with Crippen LogP contribution in [0.1, 0.15) is 12.5 Å². The highest BCUT2D eigenvalue weighted by Gasteiger charge is 2.10. The molecule has 0 aliphatic rings. The largest absolute Gasteiger partial charge is 0.340 e. The van der Waals surface area contributed by atoms with Gasteiger partial charge in [0.05, 0.1) is 6.07 Å². The third kappa shape index (κ3) is 3.61. The van der Waals surface area contributed by atoms with Crippen molar-refractivity contribution in [2.24, 2.45) is 0 Å². The van der Waals surface area contributed by atoms with Crippen molar-refractivity contribution < 1.29 is 4.79 Å². The highest BCUT2D eigenvalue weighted by molar-refractivity contribution is 6.31. The Morgan fingerprint density at radius 2 is 2.27 bits per heavy atom. The minimum absolute atomic E-state index is 0.214. The van der Waals surface area contributed by atoms with E-state index in [1.54, 1.807) is 6.07 Å². The molecule has 1 amide bonds. The lowest BCUT2D eigenvalue weighted by Gasteiger charge is -2.10. The fourth-order valence-electron chi connectivity index (χ4n) is 1.26. The number of nitrogens with one attached hydrogen (secondary N) is 1. The van der Waals surface area contributed by atoms with E-state index in [0.29, 0.717) is 11.4 Å². The van der Waals surface area contributed by atoms with Gasteiger partial charge in [-0.3, -0.25) is 4.79 Å². The minimum atomic E-state index is -0.526. The van der Waals surface area contributed by atoms with Crippen LogP contribution in [0.25, 0.3) is 0 Å². The lowest BCUT2D eigenvalue weighted by atomic mass is 10.1. The second kappa shape index (κ2) is 5.38. The van der Waals surface area contributed by atoms with E-state index >= 15 is 0 Å². The maximum atomic E-state index is 10.8. The molecule has 0 saturated heterocycles. The molecule has 0 fully saturated rings. The van der Waals surface area contributed by atoms with E-state index in [2.05, 4.69) is 5.32 Å². The lowest BCUT2D eigenvalue weighted by Crippen LogP contribution is -2.33. The van der Waals surface area contributed by atoms with Gasteiger partial charge in [0.2, 0.25) is 5.91 Å². The van der Waals surface area contributed by atoms with Gasteiger partial charge in [-0.25, -0.2) is 0 Å². The first-order chi connectivity index (χ1) is 7.13. The van der Waals surface area contributed by atoms with Crippen LogP contribution in [0.4, 0.5) is 0 Å². The number of carbonyl (C=O) groups is 1. The van der Waals surface area contributed by atoms with Crippen molar-refractivity contribution >= 4 is 17.5 Å². The molecule has 1 aromatic rings. The number of halogens is 1. The molecule has 0 aliphatic carbocycles. The molecular formula is C11H11ClN2O.